The highest BCUT2D eigenvalue weighted by Gasteiger charge is 2.74. The monoisotopic (exact) mass is 376 g/mol. The molecule has 0 amide bonds. The molecule has 0 heterocycles. The summed E-state index contributed by atoms with van der Waals surface area (Å²) in [5.41, 5.74) is -1.59. The molecule has 0 saturated heterocycles. The molecular formula is C10H5F9O3S. The SMILES string of the molecule is O=S(=O)(F)C(F)(F)C(F)(F)OC(F)(F)C(F)(F)c1ccccc1. The molecule has 0 aliphatic carbocycles. The fourth-order valence-corrected chi connectivity index (χ4v) is 1.57. The van der Waals surface area contributed by atoms with Gasteiger partial charge in [0.2, 0.25) is 0 Å². The van der Waals surface area contributed by atoms with Crippen LogP contribution in [0.2, 0.25) is 0 Å². The lowest BCUT2D eigenvalue weighted by Crippen LogP contribution is -2.54. The van der Waals surface area contributed by atoms with Gasteiger partial charge >= 0.3 is 33.6 Å². The lowest BCUT2D eigenvalue weighted by Gasteiger charge is -2.31. The van der Waals surface area contributed by atoms with Crippen LogP contribution in [-0.4, -0.2) is 25.9 Å². The van der Waals surface area contributed by atoms with Gasteiger partial charge in [-0.1, -0.05) is 34.2 Å². The van der Waals surface area contributed by atoms with Crippen LogP contribution in [0.25, 0.3) is 0 Å². The Morgan fingerprint density at radius 3 is 1.61 bits per heavy atom. The summed E-state index contributed by atoms with van der Waals surface area (Å²) in [6, 6.07) is 3.39. The third kappa shape index (κ3) is 3.39. The highest BCUT2D eigenvalue weighted by molar-refractivity contribution is 7.87. The van der Waals surface area contributed by atoms with Crippen molar-refractivity contribution in [2.75, 3.05) is 0 Å². The van der Waals surface area contributed by atoms with Crippen molar-refractivity contribution in [1.29, 1.82) is 0 Å². The minimum absolute atomic E-state index is 0.347. The average Bonchev–Trinajstić information content (AvgIpc) is 2.36. The summed E-state index contributed by atoms with van der Waals surface area (Å²) in [5, 5.41) is -6.81. The van der Waals surface area contributed by atoms with Gasteiger partial charge in [-0.05, 0) is 0 Å². The first-order valence-electron chi connectivity index (χ1n) is 5.27. The van der Waals surface area contributed by atoms with Gasteiger partial charge in [-0.25, -0.2) is 4.74 Å². The van der Waals surface area contributed by atoms with E-state index in [4.69, 9.17) is 0 Å². The van der Waals surface area contributed by atoms with Gasteiger partial charge in [-0.15, -0.1) is 0 Å². The maximum atomic E-state index is 13.5. The van der Waals surface area contributed by atoms with Crippen molar-refractivity contribution in [3.05, 3.63) is 35.9 Å². The molecule has 1 aromatic rings. The quantitative estimate of drug-likeness (QED) is 0.559. The standard InChI is InChI=1S/C10H5F9O3S/c11-7(12,6-4-2-1-3-5-6)8(13,14)22-9(15,16)10(17,18)23(19,20)21/h1-5H. The minimum Gasteiger partial charge on any atom is -0.244 e. The molecule has 13 heteroatoms. The lowest BCUT2D eigenvalue weighted by atomic mass is 10.1. The van der Waals surface area contributed by atoms with Crippen LogP contribution in [0.1, 0.15) is 5.56 Å². The third-order valence-corrected chi connectivity index (χ3v) is 3.25. The Labute approximate surface area is 122 Å². The minimum atomic E-state index is -7.43. The maximum absolute atomic E-state index is 13.5. The van der Waals surface area contributed by atoms with Crippen LogP contribution >= 0.6 is 0 Å². The van der Waals surface area contributed by atoms with E-state index in [2.05, 4.69) is 0 Å². The highest BCUT2D eigenvalue weighted by Crippen LogP contribution is 2.50. The molecule has 23 heavy (non-hydrogen) atoms. The number of halogens is 9. The Morgan fingerprint density at radius 1 is 0.783 bits per heavy atom. The average molecular weight is 376 g/mol. The van der Waals surface area contributed by atoms with Crippen molar-refractivity contribution in [3.8, 4) is 0 Å². The molecule has 0 fully saturated rings. The van der Waals surface area contributed by atoms with Gasteiger partial charge in [0.1, 0.15) is 0 Å². The summed E-state index contributed by atoms with van der Waals surface area (Å²) in [4.78, 5) is 0. The van der Waals surface area contributed by atoms with E-state index >= 15 is 0 Å². The van der Waals surface area contributed by atoms with Gasteiger partial charge in [0.25, 0.3) is 0 Å². The van der Waals surface area contributed by atoms with E-state index in [9.17, 15) is 47.4 Å². The number of hydrogen-bond acceptors (Lipinski definition) is 3. The Kier molecular flexibility index (Phi) is 4.71. The van der Waals surface area contributed by atoms with Crippen LogP contribution in [0, 0.1) is 0 Å². The maximum Gasteiger partial charge on any atom is 0.464 e. The van der Waals surface area contributed by atoms with E-state index in [0.717, 1.165) is 18.2 Å². The zero-order chi connectivity index (χ0) is 18.3. The second-order valence-corrected chi connectivity index (χ2v) is 5.42. The van der Waals surface area contributed by atoms with Gasteiger partial charge in [0, 0.05) is 5.56 Å². The summed E-state index contributed by atoms with van der Waals surface area (Å²) in [5.74, 6) is -5.55. The molecule has 0 saturated carbocycles. The van der Waals surface area contributed by atoms with Crippen LogP contribution in [0.4, 0.5) is 39.0 Å². The second kappa shape index (κ2) is 5.54. The second-order valence-electron chi connectivity index (χ2n) is 4.03. The molecular weight excluding hydrogens is 371 g/mol. The molecule has 0 radical (unpaired) electrons. The number of benzene rings is 1. The molecule has 0 N–H and O–H groups in total. The molecule has 0 aliphatic rings. The molecule has 0 aliphatic heterocycles. The Hall–Kier alpha value is -1.50. The number of ether oxygens (including phenoxy) is 1. The van der Waals surface area contributed by atoms with E-state index < -0.39 is 39.2 Å². The molecule has 0 aromatic heterocycles. The molecule has 132 valence electrons. The number of hydrogen-bond donors (Lipinski definition) is 0. The van der Waals surface area contributed by atoms with Gasteiger partial charge in [-0.2, -0.15) is 43.5 Å². The largest absolute Gasteiger partial charge is 0.464 e. The first-order valence-corrected chi connectivity index (χ1v) is 6.66. The van der Waals surface area contributed by atoms with Crippen LogP contribution in [0.15, 0.2) is 30.3 Å². The molecule has 0 atom stereocenters. The predicted octanol–water partition coefficient (Wildman–Crippen LogP) is 3.87. The molecule has 3 nitrogen and oxygen atoms in total. The summed E-state index contributed by atoms with van der Waals surface area (Å²) in [7, 11) is -7.43. The lowest BCUT2D eigenvalue weighted by molar-refractivity contribution is -0.459. The van der Waals surface area contributed by atoms with Crippen LogP contribution < -0.4 is 0 Å². The van der Waals surface area contributed by atoms with Crippen LogP contribution in [-0.2, 0) is 20.9 Å². The van der Waals surface area contributed by atoms with Gasteiger partial charge in [0.05, 0.1) is 0 Å². The molecule has 0 spiro atoms. The number of alkyl halides is 8. The van der Waals surface area contributed by atoms with E-state index in [-0.39, 0.29) is 0 Å². The predicted molar refractivity (Wildman–Crippen MR) is 56.3 cm³/mol. The van der Waals surface area contributed by atoms with E-state index in [0.29, 0.717) is 12.1 Å². The topological polar surface area (TPSA) is 43.4 Å². The zero-order valence-electron chi connectivity index (χ0n) is 10.4. The molecule has 0 bridgehead atoms. The van der Waals surface area contributed by atoms with Crippen molar-refractivity contribution in [1.82, 2.24) is 0 Å². The summed E-state index contributed by atoms with van der Waals surface area (Å²) < 4.78 is 138. The van der Waals surface area contributed by atoms with E-state index in [1.54, 1.807) is 0 Å². The Bertz CT molecular complexity index is 657. The zero-order valence-corrected chi connectivity index (χ0v) is 11.2. The first-order chi connectivity index (χ1) is 10.1. The summed E-state index contributed by atoms with van der Waals surface area (Å²) >= 11 is 0. The van der Waals surface area contributed by atoms with Crippen molar-refractivity contribution in [2.45, 2.75) is 23.4 Å². The summed E-state index contributed by atoms with van der Waals surface area (Å²) in [6.07, 6.45) is -13.1. The van der Waals surface area contributed by atoms with Gasteiger partial charge < -0.3 is 0 Å². The van der Waals surface area contributed by atoms with E-state index in [1.165, 1.54) is 0 Å². The van der Waals surface area contributed by atoms with Crippen LogP contribution in [0.3, 0.4) is 0 Å². The molecule has 1 aromatic carbocycles. The van der Waals surface area contributed by atoms with Crippen molar-refractivity contribution < 1.29 is 52.2 Å². The third-order valence-electron chi connectivity index (χ3n) is 2.40. The smallest absolute Gasteiger partial charge is 0.244 e. The number of rotatable bonds is 6. The Morgan fingerprint density at radius 2 is 1.22 bits per heavy atom. The van der Waals surface area contributed by atoms with Crippen molar-refractivity contribution >= 4 is 10.2 Å². The Balaban J connectivity index is 3.25. The summed E-state index contributed by atoms with van der Waals surface area (Å²) in [6.45, 7) is 0. The van der Waals surface area contributed by atoms with Crippen molar-refractivity contribution in [2.24, 2.45) is 0 Å². The fraction of sp³-hybridized carbons (Fsp3) is 0.400. The molecule has 1 rings (SSSR count). The normalized spacial score (nSPS) is 14.8. The van der Waals surface area contributed by atoms with Crippen molar-refractivity contribution in [3.63, 3.8) is 0 Å². The van der Waals surface area contributed by atoms with Gasteiger partial charge in [-0.3, -0.25) is 0 Å². The van der Waals surface area contributed by atoms with Gasteiger partial charge in [0.15, 0.2) is 0 Å². The fourth-order valence-electron chi connectivity index (χ4n) is 1.24. The first kappa shape index (κ1) is 19.5. The highest BCUT2D eigenvalue weighted by atomic mass is 32.3. The molecule has 0 unspecified atom stereocenters. The van der Waals surface area contributed by atoms with Crippen LogP contribution in [0.5, 0.6) is 0 Å². The van der Waals surface area contributed by atoms with E-state index in [1.807, 2.05) is 4.74 Å².